The maximum absolute atomic E-state index is 10.8. The summed E-state index contributed by atoms with van der Waals surface area (Å²) in [5, 5.41) is 11.7. The Hall–Kier alpha value is 0.140. The van der Waals surface area contributed by atoms with Crippen LogP contribution in [0.4, 0.5) is 0 Å². The van der Waals surface area contributed by atoms with Crippen LogP contribution < -0.4 is 5.32 Å². The first-order valence-corrected chi connectivity index (χ1v) is 9.57. The average Bonchev–Trinajstić information content (AvgIpc) is 2.40. The summed E-state index contributed by atoms with van der Waals surface area (Å²) in [5.74, 6) is 0.659. The number of unbranched alkanes of at least 4 members (excludes halogenated alkanes) is 6. The van der Waals surface area contributed by atoms with E-state index in [2.05, 4.69) is 22.1 Å². The highest BCUT2D eigenvalue weighted by molar-refractivity contribution is 7.81. The fraction of sp³-hybridized carbons (Fsp3) is 1.00. The van der Waals surface area contributed by atoms with E-state index in [0.717, 1.165) is 44.9 Å². The van der Waals surface area contributed by atoms with Crippen molar-refractivity contribution in [1.29, 1.82) is 0 Å². The van der Waals surface area contributed by atoms with Crippen molar-refractivity contribution in [2.45, 2.75) is 57.5 Å². The lowest BCUT2D eigenvalue weighted by molar-refractivity contribution is 0.167. The van der Waals surface area contributed by atoms with Crippen molar-refractivity contribution >= 4 is 23.0 Å². The molecule has 8 heteroatoms. The summed E-state index contributed by atoms with van der Waals surface area (Å²) in [4.78, 5) is 0. The van der Waals surface area contributed by atoms with Crippen molar-refractivity contribution in [2.24, 2.45) is 0 Å². The predicted molar refractivity (Wildman–Crippen MR) is 87.2 cm³/mol. The molecule has 0 aliphatic heterocycles. The first kappa shape index (κ1) is 21.1. The van der Waals surface area contributed by atoms with Gasteiger partial charge in [0, 0.05) is 25.4 Å². The monoisotopic (exact) mass is 343 g/mol. The Balaban J connectivity index is 3.74. The quantitative estimate of drug-likeness (QED) is 0.206. The Morgan fingerprint density at radius 3 is 2.14 bits per heavy atom. The van der Waals surface area contributed by atoms with Gasteiger partial charge in [-0.15, -0.1) is 0 Å². The maximum Gasteiger partial charge on any atom is 0.397 e. The molecule has 0 amide bonds. The molecule has 1 atom stereocenters. The van der Waals surface area contributed by atoms with Crippen molar-refractivity contribution in [3.63, 3.8) is 0 Å². The SMILES string of the molecule is O=S(=O)(O)OC(CCCCCCCCCO)CNCCS. The van der Waals surface area contributed by atoms with Crippen LogP contribution in [0, 0.1) is 0 Å². The van der Waals surface area contributed by atoms with Crippen molar-refractivity contribution < 1.29 is 22.3 Å². The van der Waals surface area contributed by atoms with Crippen LogP contribution in [-0.2, 0) is 14.6 Å². The minimum absolute atomic E-state index is 0.258. The smallest absolute Gasteiger partial charge is 0.396 e. The van der Waals surface area contributed by atoms with E-state index in [1.165, 1.54) is 0 Å². The van der Waals surface area contributed by atoms with E-state index >= 15 is 0 Å². The second-order valence-electron chi connectivity index (χ2n) is 5.06. The summed E-state index contributed by atoms with van der Waals surface area (Å²) in [7, 11) is -4.40. The van der Waals surface area contributed by atoms with Crippen LogP contribution in [0.15, 0.2) is 0 Å². The third kappa shape index (κ3) is 16.3. The molecule has 0 aliphatic rings. The van der Waals surface area contributed by atoms with Gasteiger partial charge in [-0.25, -0.2) is 4.18 Å². The number of thiol groups is 1. The number of hydrogen-bond donors (Lipinski definition) is 4. The van der Waals surface area contributed by atoms with Crippen LogP contribution in [0.3, 0.4) is 0 Å². The van der Waals surface area contributed by atoms with Crippen LogP contribution in [0.5, 0.6) is 0 Å². The zero-order chi connectivity index (χ0) is 16.0. The maximum atomic E-state index is 10.8. The molecule has 0 heterocycles. The van der Waals surface area contributed by atoms with Gasteiger partial charge in [-0.05, 0) is 12.8 Å². The van der Waals surface area contributed by atoms with Crippen molar-refractivity contribution in [1.82, 2.24) is 5.32 Å². The van der Waals surface area contributed by atoms with E-state index in [4.69, 9.17) is 9.66 Å². The van der Waals surface area contributed by atoms with Gasteiger partial charge in [-0.1, -0.05) is 38.5 Å². The van der Waals surface area contributed by atoms with Gasteiger partial charge >= 0.3 is 10.4 Å². The predicted octanol–water partition coefficient (Wildman–Crippen LogP) is 1.81. The highest BCUT2D eigenvalue weighted by atomic mass is 32.3. The van der Waals surface area contributed by atoms with Gasteiger partial charge in [0.15, 0.2) is 0 Å². The molecule has 6 nitrogen and oxygen atoms in total. The molecule has 0 aliphatic carbocycles. The van der Waals surface area contributed by atoms with Crippen LogP contribution in [0.25, 0.3) is 0 Å². The van der Waals surface area contributed by atoms with Crippen LogP contribution >= 0.6 is 12.6 Å². The Labute approximate surface area is 134 Å². The molecule has 21 heavy (non-hydrogen) atoms. The van der Waals surface area contributed by atoms with Gasteiger partial charge < -0.3 is 10.4 Å². The van der Waals surface area contributed by atoms with Crippen molar-refractivity contribution in [3.8, 4) is 0 Å². The third-order valence-electron chi connectivity index (χ3n) is 3.10. The number of rotatable bonds is 15. The molecule has 128 valence electrons. The zero-order valence-electron chi connectivity index (χ0n) is 12.5. The average molecular weight is 344 g/mol. The van der Waals surface area contributed by atoms with Gasteiger partial charge in [0.2, 0.25) is 0 Å². The summed E-state index contributed by atoms with van der Waals surface area (Å²) < 4.78 is 35.0. The molecule has 0 bridgehead atoms. The lowest BCUT2D eigenvalue weighted by atomic mass is 10.1. The van der Waals surface area contributed by atoms with Crippen LogP contribution in [-0.4, -0.2) is 49.6 Å². The molecule has 3 N–H and O–H groups in total. The Morgan fingerprint density at radius 2 is 1.62 bits per heavy atom. The fourth-order valence-electron chi connectivity index (χ4n) is 2.07. The molecule has 0 rings (SSSR count). The highest BCUT2D eigenvalue weighted by Crippen LogP contribution is 2.12. The molecule has 0 saturated heterocycles. The number of nitrogens with one attached hydrogen (secondary N) is 1. The van der Waals surface area contributed by atoms with E-state index in [9.17, 15) is 8.42 Å². The molecule has 1 unspecified atom stereocenters. The lowest BCUT2D eigenvalue weighted by Gasteiger charge is -2.16. The van der Waals surface area contributed by atoms with E-state index in [-0.39, 0.29) is 6.61 Å². The Kier molecular flexibility index (Phi) is 13.9. The normalized spacial score (nSPS) is 13.5. The summed E-state index contributed by atoms with van der Waals surface area (Å²) in [5.41, 5.74) is 0. The summed E-state index contributed by atoms with van der Waals surface area (Å²) in [6.45, 7) is 1.31. The Bertz CT molecular complexity index is 325. The molecule has 0 aromatic rings. The van der Waals surface area contributed by atoms with Gasteiger partial charge in [-0.3, -0.25) is 4.55 Å². The largest absolute Gasteiger partial charge is 0.397 e. The number of aliphatic hydroxyl groups excluding tert-OH is 1. The molecular weight excluding hydrogens is 314 g/mol. The second kappa shape index (κ2) is 13.8. The molecule has 0 aromatic heterocycles. The van der Waals surface area contributed by atoms with E-state index in [0.29, 0.717) is 25.3 Å². The van der Waals surface area contributed by atoms with Gasteiger partial charge in [0.1, 0.15) is 0 Å². The number of aliphatic hydroxyl groups is 1. The standard InChI is InChI=1S/C13H29NO5S2/c15-10-7-5-3-1-2-4-6-8-13(12-14-9-11-20)19-21(16,17)18/h13-15,20H,1-12H2,(H,16,17,18). The topological polar surface area (TPSA) is 95.9 Å². The van der Waals surface area contributed by atoms with E-state index < -0.39 is 16.5 Å². The third-order valence-corrected chi connectivity index (χ3v) is 3.84. The minimum atomic E-state index is -4.40. The molecule has 0 saturated carbocycles. The highest BCUT2D eigenvalue weighted by Gasteiger charge is 2.16. The molecule has 0 aromatic carbocycles. The van der Waals surface area contributed by atoms with Gasteiger partial charge in [0.05, 0.1) is 6.10 Å². The molecule has 0 radical (unpaired) electrons. The van der Waals surface area contributed by atoms with Crippen LogP contribution in [0.1, 0.15) is 51.4 Å². The minimum Gasteiger partial charge on any atom is -0.396 e. The summed E-state index contributed by atoms with van der Waals surface area (Å²) in [6.07, 6.45) is 7.19. The van der Waals surface area contributed by atoms with Crippen molar-refractivity contribution in [2.75, 3.05) is 25.4 Å². The summed E-state index contributed by atoms with van der Waals surface area (Å²) in [6, 6.07) is 0. The molecule has 0 fully saturated rings. The van der Waals surface area contributed by atoms with Gasteiger partial charge in [-0.2, -0.15) is 21.0 Å². The van der Waals surface area contributed by atoms with E-state index in [1.807, 2.05) is 0 Å². The van der Waals surface area contributed by atoms with E-state index in [1.54, 1.807) is 0 Å². The second-order valence-corrected chi connectivity index (χ2v) is 6.56. The fourth-order valence-corrected chi connectivity index (χ4v) is 2.73. The zero-order valence-corrected chi connectivity index (χ0v) is 14.2. The Morgan fingerprint density at radius 1 is 1.05 bits per heavy atom. The first-order chi connectivity index (χ1) is 9.99. The molecule has 0 spiro atoms. The van der Waals surface area contributed by atoms with Crippen LogP contribution in [0.2, 0.25) is 0 Å². The van der Waals surface area contributed by atoms with Crippen molar-refractivity contribution in [3.05, 3.63) is 0 Å². The number of hydrogen-bond acceptors (Lipinski definition) is 6. The lowest BCUT2D eigenvalue weighted by Crippen LogP contribution is -2.32. The summed E-state index contributed by atoms with van der Waals surface area (Å²) >= 11 is 4.06. The van der Waals surface area contributed by atoms with Gasteiger partial charge in [0.25, 0.3) is 0 Å². The first-order valence-electron chi connectivity index (χ1n) is 7.57. The molecular formula is C13H29NO5S2.